The van der Waals surface area contributed by atoms with Gasteiger partial charge in [0.1, 0.15) is 34.9 Å². The molecule has 0 bridgehead atoms. The average Bonchev–Trinajstić information content (AvgIpc) is 3.75. The quantitative estimate of drug-likeness (QED) is 0.198. The number of hydrogen-bond donors (Lipinski definition) is 1. The van der Waals surface area contributed by atoms with Crippen LogP contribution in [-0.2, 0) is 4.74 Å². The van der Waals surface area contributed by atoms with E-state index < -0.39 is 5.60 Å². The minimum Gasteiger partial charge on any atom is -0.457 e. The second-order valence-electron chi connectivity index (χ2n) is 15.0. The Balaban J connectivity index is 0.872. The number of nitrogens with two attached hydrogens (primary N) is 1. The van der Waals surface area contributed by atoms with E-state index in [0.29, 0.717) is 17.9 Å². The Hall–Kier alpha value is -5.10. The number of hydrogen-bond acceptors (Lipinski definition) is 9. The number of ether oxygens (including phenoxy) is 2. The van der Waals surface area contributed by atoms with Gasteiger partial charge in [0.15, 0.2) is 5.65 Å². The summed E-state index contributed by atoms with van der Waals surface area (Å²) in [6, 6.07) is 21.2. The van der Waals surface area contributed by atoms with Crippen LogP contribution in [-0.4, -0.2) is 91.1 Å². The maximum atomic E-state index is 12.5. The van der Waals surface area contributed by atoms with E-state index in [1.165, 1.54) is 12.0 Å². The van der Waals surface area contributed by atoms with E-state index in [9.17, 15) is 4.79 Å². The van der Waals surface area contributed by atoms with Gasteiger partial charge in [-0.1, -0.05) is 18.2 Å². The summed E-state index contributed by atoms with van der Waals surface area (Å²) < 4.78 is 16.0. The molecular formula is C39H47N9O3. The molecule has 6 heterocycles. The zero-order valence-electron chi connectivity index (χ0n) is 29.7. The van der Waals surface area contributed by atoms with Crippen LogP contribution < -0.4 is 15.4 Å². The highest BCUT2D eigenvalue weighted by Gasteiger charge is 2.36. The van der Waals surface area contributed by atoms with Gasteiger partial charge < -0.3 is 29.6 Å². The molecular weight excluding hydrogens is 642 g/mol. The van der Waals surface area contributed by atoms with Crippen molar-refractivity contribution in [1.82, 2.24) is 34.1 Å². The van der Waals surface area contributed by atoms with Crippen molar-refractivity contribution >= 4 is 28.6 Å². The molecule has 0 spiro atoms. The molecule has 51 heavy (non-hydrogen) atoms. The van der Waals surface area contributed by atoms with Gasteiger partial charge >= 0.3 is 6.09 Å². The molecule has 12 heteroatoms. The summed E-state index contributed by atoms with van der Waals surface area (Å²) in [4.78, 5) is 28.4. The molecule has 0 unspecified atom stereocenters. The van der Waals surface area contributed by atoms with Crippen molar-refractivity contribution in [3.63, 3.8) is 0 Å². The fourth-order valence-corrected chi connectivity index (χ4v) is 7.66. The number of nitrogen functional groups attached to an aromatic ring is 1. The Bertz CT molecular complexity index is 1960. The number of nitrogens with zero attached hydrogens (tertiary/aromatic N) is 8. The molecule has 5 aromatic rings. The molecule has 3 aliphatic rings. The van der Waals surface area contributed by atoms with Crippen LogP contribution in [0, 0.1) is 0 Å². The lowest BCUT2D eigenvalue weighted by atomic mass is 9.97. The van der Waals surface area contributed by atoms with Crippen LogP contribution in [0.4, 0.5) is 16.3 Å². The van der Waals surface area contributed by atoms with E-state index in [2.05, 4.69) is 47.5 Å². The molecule has 3 aromatic heterocycles. The molecule has 1 amide bonds. The van der Waals surface area contributed by atoms with Crippen molar-refractivity contribution in [1.29, 1.82) is 0 Å². The van der Waals surface area contributed by atoms with Crippen LogP contribution in [0.5, 0.6) is 11.5 Å². The monoisotopic (exact) mass is 689 g/mol. The van der Waals surface area contributed by atoms with Crippen LogP contribution in [0.15, 0.2) is 79.4 Å². The number of para-hydroxylation sites is 1. The van der Waals surface area contributed by atoms with Crippen LogP contribution >= 0.6 is 0 Å². The number of anilines is 2. The first-order valence-electron chi connectivity index (χ1n) is 18.1. The van der Waals surface area contributed by atoms with Crippen molar-refractivity contribution in [2.75, 3.05) is 49.9 Å². The lowest BCUT2D eigenvalue weighted by Gasteiger charge is -2.47. The highest BCUT2D eigenvalue weighted by molar-refractivity contribution is 5.98. The van der Waals surface area contributed by atoms with Crippen LogP contribution in [0.3, 0.4) is 0 Å². The molecule has 0 saturated carbocycles. The highest BCUT2D eigenvalue weighted by Crippen LogP contribution is 2.37. The second kappa shape index (κ2) is 13.6. The Morgan fingerprint density at radius 2 is 1.51 bits per heavy atom. The summed E-state index contributed by atoms with van der Waals surface area (Å²) in [6.07, 6.45) is 9.79. The molecule has 0 atom stereocenters. The molecule has 0 aliphatic carbocycles. The summed E-state index contributed by atoms with van der Waals surface area (Å²) in [7, 11) is 0. The first-order valence-corrected chi connectivity index (χ1v) is 18.1. The van der Waals surface area contributed by atoms with Crippen LogP contribution in [0.1, 0.15) is 58.5 Å². The Labute approximate surface area is 298 Å². The van der Waals surface area contributed by atoms with Crippen molar-refractivity contribution in [3.8, 4) is 22.8 Å². The summed E-state index contributed by atoms with van der Waals surface area (Å²) in [5.74, 6) is 1.98. The van der Waals surface area contributed by atoms with Gasteiger partial charge in [-0.2, -0.15) is 5.10 Å². The molecule has 2 N–H and O–H groups in total. The lowest BCUT2D eigenvalue weighted by Crippen LogP contribution is -2.56. The molecule has 3 fully saturated rings. The summed E-state index contributed by atoms with van der Waals surface area (Å²) >= 11 is 0. The molecule has 2 aromatic carbocycles. The minimum absolute atomic E-state index is 0.191. The van der Waals surface area contributed by atoms with Gasteiger partial charge in [-0.15, -0.1) is 0 Å². The van der Waals surface area contributed by atoms with E-state index >= 15 is 0 Å². The van der Waals surface area contributed by atoms with Gasteiger partial charge in [-0.3, -0.25) is 4.90 Å². The second-order valence-corrected chi connectivity index (χ2v) is 15.0. The van der Waals surface area contributed by atoms with Gasteiger partial charge in [0, 0.05) is 63.3 Å². The smallest absolute Gasteiger partial charge is 0.410 e. The van der Waals surface area contributed by atoms with Gasteiger partial charge in [0.2, 0.25) is 0 Å². The summed E-state index contributed by atoms with van der Waals surface area (Å²) in [6.45, 7) is 11.3. The van der Waals surface area contributed by atoms with Crippen molar-refractivity contribution < 1.29 is 14.3 Å². The maximum Gasteiger partial charge on any atom is 0.410 e. The molecule has 0 radical (unpaired) electrons. The van der Waals surface area contributed by atoms with E-state index in [0.717, 1.165) is 98.7 Å². The number of carbonyl (C=O) groups excluding carboxylic acids is 1. The van der Waals surface area contributed by atoms with Crippen molar-refractivity contribution in [2.45, 2.75) is 70.2 Å². The van der Waals surface area contributed by atoms with E-state index in [-0.39, 0.29) is 12.1 Å². The topological polar surface area (TPSA) is 120 Å². The standard InChI is InChI=1S/C39H47N9O3/c1-39(2,3)51-38(49)45-20-13-28(14-21-45)47-24-31(25-47)46-22-17-30(23-46)44-18-15-29(16-19-44)48-37-34(36(40)41-26-42-37)35(43-48)27-9-11-33(12-10-27)50-32-7-5-4-6-8-32/h4-12,17,22-23,26,28-29,31H,13-16,18-21,24-25H2,1-3H3,(H2,40,41,42). The third-order valence-electron chi connectivity index (χ3n) is 10.4. The van der Waals surface area contributed by atoms with Gasteiger partial charge in [-0.25, -0.2) is 19.4 Å². The Kier molecular flexibility index (Phi) is 8.79. The molecule has 3 aliphatic heterocycles. The summed E-state index contributed by atoms with van der Waals surface area (Å²) in [5.41, 5.74) is 9.76. The summed E-state index contributed by atoms with van der Waals surface area (Å²) in [5, 5.41) is 5.90. The first kappa shape index (κ1) is 33.1. The third-order valence-corrected chi connectivity index (χ3v) is 10.4. The molecule has 3 saturated heterocycles. The predicted octanol–water partition coefficient (Wildman–Crippen LogP) is 6.77. The SMILES string of the molecule is CC(C)(C)OC(=O)N1CCC(N2CC(n3ccc(N4CCC(n5nc(-c6ccc(Oc7ccccc7)cc6)c6c(N)ncnc65)CC4)c3)C2)CC1. The van der Waals surface area contributed by atoms with E-state index in [1.807, 2.05) is 80.3 Å². The van der Waals surface area contributed by atoms with E-state index in [4.69, 9.17) is 20.3 Å². The number of fused-ring (bicyclic) bond motifs is 1. The van der Waals surface area contributed by atoms with Gasteiger partial charge in [0.05, 0.1) is 23.2 Å². The first-order chi connectivity index (χ1) is 24.7. The number of likely N-dealkylation sites (tertiary alicyclic amines) is 2. The fraction of sp³-hybridized carbons (Fsp3) is 0.436. The zero-order valence-corrected chi connectivity index (χ0v) is 29.7. The van der Waals surface area contributed by atoms with Gasteiger partial charge in [0.25, 0.3) is 0 Å². The number of rotatable bonds is 7. The number of amides is 1. The highest BCUT2D eigenvalue weighted by atomic mass is 16.6. The number of benzene rings is 2. The third kappa shape index (κ3) is 6.97. The Morgan fingerprint density at radius 3 is 2.22 bits per heavy atom. The number of carbonyl (C=O) groups is 1. The fourth-order valence-electron chi connectivity index (χ4n) is 7.66. The molecule has 266 valence electrons. The van der Waals surface area contributed by atoms with Crippen molar-refractivity contribution in [3.05, 3.63) is 79.4 Å². The van der Waals surface area contributed by atoms with Crippen molar-refractivity contribution in [2.24, 2.45) is 0 Å². The maximum absolute atomic E-state index is 12.5. The average molecular weight is 690 g/mol. The largest absolute Gasteiger partial charge is 0.457 e. The number of piperidine rings is 2. The van der Waals surface area contributed by atoms with Crippen LogP contribution in [0.2, 0.25) is 0 Å². The normalized spacial score (nSPS) is 18.3. The molecule has 12 nitrogen and oxygen atoms in total. The Morgan fingerprint density at radius 1 is 0.824 bits per heavy atom. The van der Waals surface area contributed by atoms with Crippen LogP contribution in [0.25, 0.3) is 22.3 Å². The lowest BCUT2D eigenvalue weighted by molar-refractivity contribution is -0.000350. The zero-order chi connectivity index (χ0) is 35.1. The van der Waals surface area contributed by atoms with E-state index in [1.54, 1.807) is 0 Å². The number of aromatic nitrogens is 5. The van der Waals surface area contributed by atoms with Gasteiger partial charge in [-0.05, 0) is 88.9 Å². The minimum atomic E-state index is -0.457. The predicted molar refractivity (Wildman–Crippen MR) is 198 cm³/mol. The molecule has 8 rings (SSSR count).